The standard InChI is InChI=1S/C33H25BrN4O3S/c1-41-23-14-15-27-30(18-23)42-33(37-27)38-32(40)29(16-20-8-3-2-4-9-20)36-31(39)25-19-28(21-10-7-11-22(34)17-21)35-26-13-6-5-12-24(25)26/h2-15,17-19,29H,16H2,1H3,(H,36,39)(H,37,38,40). The molecule has 42 heavy (non-hydrogen) atoms. The molecule has 0 aliphatic carbocycles. The number of amides is 2. The van der Waals surface area contributed by atoms with Gasteiger partial charge in [0.1, 0.15) is 11.8 Å². The zero-order chi connectivity index (χ0) is 29.1. The minimum atomic E-state index is -0.859. The summed E-state index contributed by atoms with van der Waals surface area (Å²) in [6.45, 7) is 0. The van der Waals surface area contributed by atoms with Crippen molar-refractivity contribution in [3.63, 3.8) is 0 Å². The molecule has 4 aromatic carbocycles. The molecular formula is C33H25BrN4O3S. The van der Waals surface area contributed by atoms with Crippen LogP contribution >= 0.6 is 27.3 Å². The van der Waals surface area contributed by atoms with E-state index in [1.165, 1.54) is 11.3 Å². The topological polar surface area (TPSA) is 93.2 Å². The molecule has 2 aromatic heterocycles. The van der Waals surface area contributed by atoms with Gasteiger partial charge in [-0.3, -0.25) is 9.59 Å². The van der Waals surface area contributed by atoms with Crippen molar-refractivity contribution in [2.45, 2.75) is 12.5 Å². The van der Waals surface area contributed by atoms with Crippen LogP contribution in [-0.2, 0) is 11.2 Å². The Morgan fingerprint density at radius 3 is 2.50 bits per heavy atom. The number of hydrogen-bond donors (Lipinski definition) is 2. The molecule has 6 rings (SSSR count). The second-order valence-electron chi connectivity index (χ2n) is 9.64. The first-order valence-electron chi connectivity index (χ1n) is 13.2. The summed E-state index contributed by atoms with van der Waals surface area (Å²) in [7, 11) is 1.61. The number of rotatable bonds is 8. The lowest BCUT2D eigenvalue weighted by Crippen LogP contribution is -2.45. The Hall–Kier alpha value is -4.60. The normalized spacial score (nSPS) is 11.8. The zero-order valence-electron chi connectivity index (χ0n) is 22.5. The van der Waals surface area contributed by atoms with Gasteiger partial charge in [0.25, 0.3) is 5.91 Å². The van der Waals surface area contributed by atoms with Crippen LogP contribution < -0.4 is 15.4 Å². The molecule has 2 N–H and O–H groups in total. The molecule has 0 aliphatic rings. The van der Waals surface area contributed by atoms with Crippen LogP contribution in [0.2, 0.25) is 0 Å². The first-order valence-corrected chi connectivity index (χ1v) is 14.8. The lowest BCUT2D eigenvalue weighted by atomic mass is 10.0. The maximum absolute atomic E-state index is 13.9. The second kappa shape index (κ2) is 12.1. The SMILES string of the molecule is COc1ccc2nc(NC(=O)C(Cc3ccccc3)NC(=O)c3cc(-c4cccc(Br)c4)nc4ccccc34)sc2c1. The molecule has 0 saturated carbocycles. The average Bonchev–Trinajstić information content (AvgIpc) is 3.42. The van der Waals surface area contributed by atoms with Crippen LogP contribution in [0.1, 0.15) is 15.9 Å². The van der Waals surface area contributed by atoms with Crippen molar-refractivity contribution < 1.29 is 14.3 Å². The number of nitrogens with zero attached hydrogens (tertiary/aromatic N) is 2. The van der Waals surface area contributed by atoms with Crippen molar-refractivity contribution in [1.29, 1.82) is 0 Å². The van der Waals surface area contributed by atoms with Gasteiger partial charge in [0.15, 0.2) is 5.13 Å². The van der Waals surface area contributed by atoms with E-state index in [2.05, 4.69) is 31.5 Å². The number of carbonyl (C=O) groups is 2. The minimum Gasteiger partial charge on any atom is -0.497 e. The molecule has 0 aliphatic heterocycles. The Balaban J connectivity index is 1.33. The molecule has 208 valence electrons. The van der Waals surface area contributed by atoms with Crippen molar-refractivity contribution in [1.82, 2.24) is 15.3 Å². The highest BCUT2D eigenvalue weighted by atomic mass is 79.9. The summed E-state index contributed by atoms with van der Waals surface area (Å²) in [5.41, 5.74) is 4.33. The quantitative estimate of drug-likeness (QED) is 0.183. The van der Waals surface area contributed by atoms with E-state index in [4.69, 9.17) is 9.72 Å². The van der Waals surface area contributed by atoms with Crippen molar-refractivity contribution in [3.05, 3.63) is 119 Å². The molecule has 0 bridgehead atoms. The van der Waals surface area contributed by atoms with Gasteiger partial charge in [0, 0.05) is 21.8 Å². The Kier molecular flexibility index (Phi) is 7.94. The number of anilines is 1. The maximum Gasteiger partial charge on any atom is 0.252 e. The van der Waals surface area contributed by atoms with E-state index in [-0.39, 0.29) is 11.8 Å². The monoisotopic (exact) mass is 636 g/mol. The maximum atomic E-state index is 13.9. The first kappa shape index (κ1) is 27.6. The van der Waals surface area contributed by atoms with E-state index in [1.807, 2.05) is 97.1 Å². The van der Waals surface area contributed by atoms with Gasteiger partial charge >= 0.3 is 0 Å². The van der Waals surface area contributed by atoms with Crippen molar-refractivity contribution >= 4 is 65.3 Å². The Morgan fingerprint density at radius 1 is 0.881 bits per heavy atom. The first-order chi connectivity index (χ1) is 20.5. The summed E-state index contributed by atoms with van der Waals surface area (Å²) in [6.07, 6.45) is 0.304. The Morgan fingerprint density at radius 2 is 1.69 bits per heavy atom. The van der Waals surface area contributed by atoms with Crippen LogP contribution in [0.25, 0.3) is 32.4 Å². The van der Waals surface area contributed by atoms with Crippen LogP contribution in [0, 0.1) is 0 Å². The second-order valence-corrected chi connectivity index (χ2v) is 11.6. The molecule has 2 heterocycles. The highest BCUT2D eigenvalue weighted by molar-refractivity contribution is 9.10. The highest BCUT2D eigenvalue weighted by Gasteiger charge is 2.25. The number of methoxy groups -OCH3 is 1. The number of aromatic nitrogens is 2. The summed E-state index contributed by atoms with van der Waals surface area (Å²) < 4.78 is 7.11. The van der Waals surface area contributed by atoms with E-state index in [0.29, 0.717) is 39.5 Å². The summed E-state index contributed by atoms with van der Waals surface area (Å²) in [6, 6.07) is 31.3. The number of pyridine rings is 1. The molecule has 7 nitrogen and oxygen atoms in total. The van der Waals surface area contributed by atoms with Gasteiger partial charge in [0.05, 0.1) is 34.1 Å². The number of ether oxygens (including phenoxy) is 1. The summed E-state index contributed by atoms with van der Waals surface area (Å²) in [4.78, 5) is 37.0. The number of fused-ring (bicyclic) bond motifs is 2. The van der Waals surface area contributed by atoms with E-state index in [1.54, 1.807) is 13.2 Å². The van der Waals surface area contributed by atoms with Crippen molar-refractivity contribution in [3.8, 4) is 17.0 Å². The van der Waals surface area contributed by atoms with Crippen LogP contribution in [-0.4, -0.2) is 34.9 Å². The van der Waals surface area contributed by atoms with Gasteiger partial charge in [-0.05, 0) is 48.0 Å². The van der Waals surface area contributed by atoms with Gasteiger partial charge in [-0.15, -0.1) is 0 Å². The average molecular weight is 638 g/mol. The number of thiazole rings is 1. The lowest BCUT2D eigenvalue weighted by Gasteiger charge is -2.19. The largest absolute Gasteiger partial charge is 0.497 e. The zero-order valence-corrected chi connectivity index (χ0v) is 24.9. The number of halogens is 1. The lowest BCUT2D eigenvalue weighted by molar-refractivity contribution is -0.118. The minimum absolute atomic E-state index is 0.304. The van der Waals surface area contributed by atoms with Crippen molar-refractivity contribution in [2.75, 3.05) is 12.4 Å². The van der Waals surface area contributed by atoms with Crippen molar-refractivity contribution in [2.24, 2.45) is 0 Å². The Labute approximate surface area is 254 Å². The fraction of sp³-hybridized carbons (Fsp3) is 0.0909. The molecule has 2 amide bonds. The third-order valence-corrected chi connectivity index (χ3v) is 8.24. The molecule has 0 fully saturated rings. The molecular weight excluding hydrogens is 612 g/mol. The van der Waals surface area contributed by atoms with E-state index < -0.39 is 6.04 Å². The molecule has 0 spiro atoms. The van der Waals surface area contributed by atoms with Gasteiger partial charge in [0.2, 0.25) is 5.91 Å². The fourth-order valence-corrected chi connectivity index (χ4v) is 6.03. The van der Waals surface area contributed by atoms with Crippen LogP contribution in [0.4, 0.5) is 5.13 Å². The predicted molar refractivity (Wildman–Crippen MR) is 171 cm³/mol. The number of carbonyl (C=O) groups excluding carboxylic acids is 2. The summed E-state index contributed by atoms with van der Waals surface area (Å²) in [5, 5.41) is 7.07. The summed E-state index contributed by atoms with van der Waals surface area (Å²) >= 11 is 4.87. The smallest absolute Gasteiger partial charge is 0.252 e. The van der Waals surface area contributed by atoms with Crippen LogP contribution in [0.3, 0.4) is 0 Å². The van der Waals surface area contributed by atoms with Gasteiger partial charge < -0.3 is 15.4 Å². The van der Waals surface area contributed by atoms with Crippen LogP contribution in [0.15, 0.2) is 108 Å². The summed E-state index contributed by atoms with van der Waals surface area (Å²) in [5.74, 6) is -0.0104. The number of hydrogen-bond acceptors (Lipinski definition) is 6. The molecule has 1 atom stereocenters. The highest BCUT2D eigenvalue weighted by Crippen LogP contribution is 2.30. The molecule has 0 radical (unpaired) electrons. The van der Waals surface area contributed by atoms with E-state index >= 15 is 0 Å². The predicted octanol–water partition coefficient (Wildman–Crippen LogP) is 7.26. The Bertz CT molecular complexity index is 1930. The third kappa shape index (κ3) is 6.02. The third-order valence-electron chi connectivity index (χ3n) is 6.81. The van der Waals surface area contributed by atoms with Gasteiger partial charge in [-0.2, -0.15) is 0 Å². The molecule has 6 aromatic rings. The van der Waals surface area contributed by atoms with Gasteiger partial charge in [-0.25, -0.2) is 9.97 Å². The number of para-hydroxylation sites is 1. The molecule has 1 unspecified atom stereocenters. The van der Waals surface area contributed by atoms with E-state index in [9.17, 15) is 9.59 Å². The van der Waals surface area contributed by atoms with Crippen LogP contribution in [0.5, 0.6) is 5.75 Å². The van der Waals surface area contributed by atoms with Gasteiger partial charge in [-0.1, -0.05) is 87.9 Å². The fourth-order valence-electron chi connectivity index (χ4n) is 4.73. The number of nitrogens with one attached hydrogen (secondary N) is 2. The molecule has 9 heteroatoms. The number of benzene rings is 4. The van der Waals surface area contributed by atoms with E-state index in [0.717, 1.165) is 25.8 Å². The molecule has 0 saturated heterocycles.